The first-order valence-corrected chi connectivity index (χ1v) is 8.23. The van der Waals surface area contributed by atoms with E-state index in [1.54, 1.807) is 13.8 Å². The Morgan fingerprint density at radius 2 is 2.05 bits per heavy atom. The van der Waals surface area contributed by atoms with E-state index >= 15 is 0 Å². The molecule has 1 atom stereocenters. The van der Waals surface area contributed by atoms with Crippen molar-refractivity contribution < 1.29 is 13.5 Å². The maximum Gasteiger partial charge on any atom is 0.241 e. The van der Waals surface area contributed by atoms with Gasteiger partial charge in [-0.15, -0.1) is 0 Å². The number of nitrogens with one attached hydrogen (secondary N) is 1. The van der Waals surface area contributed by atoms with Crippen molar-refractivity contribution in [1.82, 2.24) is 4.72 Å². The Hall–Kier alpha value is -0.820. The van der Waals surface area contributed by atoms with Gasteiger partial charge in [-0.3, -0.25) is 0 Å². The molecule has 1 unspecified atom stereocenters. The fourth-order valence-corrected chi connectivity index (χ4v) is 3.55. The van der Waals surface area contributed by atoms with Crippen LogP contribution in [0, 0.1) is 6.92 Å². The van der Waals surface area contributed by atoms with Crippen LogP contribution in [0.4, 0.5) is 5.69 Å². The molecule has 0 aliphatic heterocycles. The monoisotopic (exact) mass is 320 g/mol. The summed E-state index contributed by atoms with van der Waals surface area (Å²) in [5.41, 5.74) is 5.28. The zero-order valence-corrected chi connectivity index (χ0v) is 13.5. The second-order valence-corrected chi connectivity index (χ2v) is 7.35. The second kappa shape index (κ2) is 6.30. The minimum absolute atomic E-state index is 0.0505. The van der Waals surface area contributed by atoms with Gasteiger partial charge >= 0.3 is 0 Å². The van der Waals surface area contributed by atoms with Gasteiger partial charge in [-0.25, -0.2) is 13.1 Å². The van der Waals surface area contributed by atoms with E-state index in [0.717, 1.165) is 6.42 Å². The molecule has 5 nitrogen and oxygen atoms in total. The highest BCUT2D eigenvalue weighted by molar-refractivity contribution is 7.89. The molecular formula is C13H21ClN2O3S. The molecule has 0 aliphatic rings. The Morgan fingerprint density at radius 3 is 2.60 bits per heavy atom. The Labute approximate surface area is 125 Å². The third-order valence-corrected chi connectivity index (χ3v) is 4.89. The Bertz CT molecular complexity index is 586. The Morgan fingerprint density at radius 1 is 1.45 bits per heavy atom. The molecule has 7 heteroatoms. The first-order chi connectivity index (χ1) is 9.09. The summed E-state index contributed by atoms with van der Waals surface area (Å²) in [4.78, 5) is 0.0756. The largest absolute Gasteiger partial charge is 0.397 e. The molecule has 0 fully saturated rings. The van der Waals surface area contributed by atoms with Gasteiger partial charge in [-0.2, -0.15) is 0 Å². The third kappa shape index (κ3) is 4.34. The molecule has 0 amide bonds. The number of aryl methyl sites for hydroxylation is 1. The number of nitrogens with two attached hydrogens (primary N) is 1. The highest BCUT2D eigenvalue weighted by Crippen LogP contribution is 2.26. The summed E-state index contributed by atoms with van der Waals surface area (Å²) in [6, 6.07) is 2.84. The van der Waals surface area contributed by atoms with Crippen LogP contribution in [0.25, 0.3) is 0 Å². The lowest BCUT2D eigenvalue weighted by molar-refractivity contribution is 0.0554. The van der Waals surface area contributed by atoms with Crippen molar-refractivity contribution in [3.63, 3.8) is 0 Å². The number of sulfonamides is 1. The summed E-state index contributed by atoms with van der Waals surface area (Å²) < 4.78 is 26.9. The van der Waals surface area contributed by atoms with Crippen molar-refractivity contribution in [1.29, 1.82) is 0 Å². The van der Waals surface area contributed by atoms with Gasteiger partial charge in [0, 0.05) is 6.54 Å². The van der Waals surface area contributed by atoms with Crippen molar-refractivity contribution in [2.75, 3.05) is 12.3 Å². The number of aliphatic hydroxyl groups is 1. The summed E-state index contributed by atoms with van der Waals surface area (Å²) in [5, 5.41) is 10.3. The van der Waals surface area contributed by atoms with Gasteiger partial charge < -0.3 is 10.8 Å². The lowest BCUT2D eigenvalue weighted by Crippen LogP contribution is -2.40. The first kappa shape index (κ1) is 17.2. The van der Waals surface area contributed by atoms with Crippen LogP contribution in [0.5, 0.6) is 0 Å². The van der Waals surface area contributed by atoms with Crippen molar-refractivity contribution in [2.24, 2.45) is 0 Å². The van der Waals surface area contributed by atoms with E-state index in [-0.39, 0.29) is 17.1 Å². The van der Waals surface area contributed by atoms with Gasteiger partial charge in [-0.1, -0.05) is 24.9 Å². The van der Waals surface area contributed by atoms with E-state index in [4.69, 9.17) is 17.3 Å². The maximum atomic E-state index is 12.2. The number of nitrogen functional groups attached to an aromatic ring is 1. The van der Waals surface area contributed by atoms with Crippen LogP contribution in [0.2, 0.25) is 5.02 Å². The van der Waals surface area contributed by atoms with Gasteiger partial charge in [0.15, 0.2) is 0 Å². The minimum Gasteiger partial charge on any atom is -0.397 e. The van der Waals surface area contributed by atoms with Crippen LogP contribution in [0.1, 0.15) is 32.3 Å². The number of halogens is 1. The molecular weight excluding hydrogens is 300 g/mol. The lowest BCUT2D eigenvalue weighted by atomic mass is 10.0. The van der Waals surface area contributed by atoms with E-state index in [9.17, 15) is 13.5 Å². The van der Waals surface area contributed by atoms with Crippen molar-refractivity contribution in [3.8, 4) is 0 Å². The smallest absolute Gasteiger partial charge is 0.241 e. The molecule has 0 saturated carbocycles. The summed E-state index contributed by atoms with van der Waals surface area (Å²) >= 11 is 5.85. The molecule has 4 N–H and O–H groups in total. The van der Waals surface area contributed by atoms with E-state index in [2.05, 4.69) is 4.72 Å². The summed E-state index contributed by atoms with van der Waals surface area (Å²) in [5.74, 6) is 0. The molecule has 0 heterocycles. The standard InChI is InChI=1S/C13H21ClN2O3S/c1-4-5-13(3,17)8-16-20(18,19)12-7-11(15)10(14)6-9(12)2/h6-7,16-17H,4-5,8,15H2,1-3H3. The lowest BCUT2D eigenvalue weighted by Gasteiger charge is -2.23. The molecule has 0 spiro atoms. The molecule has 1 rings (SSSR count). The van der Waals surface area contributed by atoms with Crippen LogP contribution >= 0.6 is 11.6 Å². The fourth-order valence-electron chi connectivity index (χ4n) is 1.91. The zero-order chi connectivity index (χ0) is 15.6. The highest BCUT2D eigenvalue weighted by atomic mass is 35.5. The minimum atomic E-state index is -3.73. The SMILES string of the molecule is CCCC(C)(O)CNS(=O)(=O)c1cc(N)c(Cl)cc1C. The van der Waals surface area contributed by atoms with Crippen molar-refractivity contribution in [3.05, 3.63) is 22.7 Å². The third-order valence-electron chi connectivity index (χ3n) is 3.02. The van der Waals surface area contributed by atoms with E-state index in [1.165, 1.54) is 12.1 Å². The van der Waals surface area contributed by atoms with E-state index < -0.39 is 15.6 Å². The quantitative estimate of drug-likeness (QED) is 0.699. The Kier molecular flexibility index (Phi) is 5.43. The van der Waals surface area contributed by atoms with Gasteiger partial charge in [0.1, 0.15) is 0 Å². The first-order valence-electron chi connectivity index (χ1n) is 6.37. The molecule has 0 saturated heterocycles. The van der Waals surface area contributed by atoms with Gasteiger partial charge in [0.05, 0.1) is 21.2 Å². The molecule has 1 aromatic carbocycles. The molecule has 0 aliphatic carbocycles. The number of anilines is 1. The van der Waals surface area contributed by atoms with Gasteiger partial charge in [-0.05, 0) is 38.0 Å². The summed E-state index contributed by atoms with van der Waals surface area (Å²) in [6.45, 7) is 5.12. The molecule has 0 radical (unpaired) electrons. The van der Waals surface area contributed by atoms with Crippen molar-refractivity contribution in [2.45, 2.75) is 44.1 Å². The maximum absolute atomic E-state index is 12.2. The topological polar surface area (TPSA) is 92.4 Å². The molecule has 1 aromatic rings. The number of rotatable bonds is 6. The van der Waals surface area contributed by atoms with Crippen LogP contribution in [0.15, 0.2) is 17.0 Å². The summed E-state index contributed by atoms with van der Waals surface area (Å²) in [7, 11) is -3.73. The number of hydrogen-bond acceptors (Lipinski definition) is 4. The highest BCUT2D eigenvalue weighted by Gasteiger charge is 2.24. The molecule has 20 heavy (non-hydrogen) atoms. The van der Waals surface area contributed by atoms with E-state index in [0.29, 0.717) is 17.0 Å². The average molecular weight is 321 g/mol. The fraction of sp³-hybridized carbons (Fsp3) is 0.538. The zero-order valence-electron chi connectivity index (χ0n) is 11.9. The Balaban J connectivity index is 2.98. The molecule has 0 aromatic heterocycles. The average Bonchev–Trinajstić information content (AvgIpc) is 2.31. The van der Waals surface area contributed by atoms with Crippen LogP contribution in [-0.4, -0.2) is 25.7 Å². The normalized spacial score (nSPS) is 15.1. The predicted octanol–water partition coefficient (Wildman–Crippen LogP) is 2.06. The van der Waals surface area contributed by atoms with E-state index in [1.807, 2.05) is 6.92 Å². The predicted molar refractivity (Wildman–Crippen MR) is 81.3 cm³/mol. The van der Waals surface area contributed by atoms with Gasteiger partial charge in [0.25, 0.3) is 0 Å². The van der Waals surface area contributed by atoms with Gasteiger partial charge in [0.2, 0.25) is 10.0 Å². The molecule has 0 bridgehead atoms. The van der Waals surface area contributed by atoms with Crippen LogP contribution in [0.3, 0.4) is 0 Å². The summed E-state index contributed by atoms with van der Waals surface area (Å²) in [6.07, 6.45) is 1.28. The number of benzene rings is 1. The van der Waals surface area contributed by atoms with Crippen LogP contribution < -0.4 is 10.5 Å². The molecule has 114 valence electrons. The second-order valence-electron chi connectivity index (χ2n) is 5.21. The number of hydrogen-bond donors (Lipinski definition) is 3. The van der Waals surface area contributed by atoms with Crippen molar-refractivity contribution >= 4 is 27.3 Å². The van der Waals surface area contributed by atoms with Crippen LogP contribution in [-0.2, 0) is 10.0 Å².